The number of nitrogens with one attached hydrogen (secondary N) is 1. The Morgan fingerprint density at radius 2 is 2.09 bits per heavy atom. The lowest BCUT2D eigenvalue weighted by molar-refractivity contribution is -0.131. The van der Waals surface area contributed by atoms with Crippen LogP contribution < -0.4 is 0 Å². The summed E-state index contributed by atoms with van der Waals surface area (Å²) in [6, 6.07) is 1.76. The van der Waals surface area contributed by atoms with Gasteiger partial charge in [0.2, 0.25) is 5.91 Å². The Kier molecular flexibility index (Phi) is 4.81. The van der Waals surface area contributed by atoms with Gasteiger partial charge in [0, 0.05) is 18.3 Å². The lowest BCUT2D eigenvalue weighted by Crippen LogP contribution is -2.31. The van der Waals surface area contributed by atoms with Crippen LogP contribution in [0.15, 0.2) is 11.4 Å². The second kappa shape index (κ2) is 6.44. The van der Waals surface area contributed by atoms with Gasteiger partial charge in [-0.1, -0.05) is 0 Å². The molecule has 22 heavy (non-hydrogen) atoms. The average molecular weight is 319 g/mol. The number of hydrogen-bond donors (Lipinski definition) is 1. The quantitative estimate of drug-likeness (QED) is 0.861. The van der Waals surface area contributed by atoms with E-state index in [1.165, 1.54) is 18.3 Å². The number of carbonyl (C=O) groups excluding carboxylic acids is 2. The first-order chi connectivity index (χ1) is 10.3. The minimum Gasteiger partial charge on any atom is -0.339 e. The van der Waals surface area contributed by atoms with Crippen molar-refractivity contribution in [1.29, 1.82) is 0 Å². The van der Waals surface area contributed by atoms with Crippen molar-refractivity contribution in [2.24, 2.45) is 0 Å². The molecule has 0 saturated carbocycles. The van der Waals surface area contributed by atoms with Gasteiger partial charge in [0.15, 0.2) is 5.78 Å². The van der Waals surface area contributed by atoms with E-state index in [0.717, 1.165) is 22.5 Å². The molecule has 118 valence electrons. The highest BCUT2D eigenvalue weighted by molar-refractivity contribution is 7.12. The van der Waals surface area contributed by atoms with Crippen LogP contribution in [0.4, 0.5) is 0 Å². The van der Waals surface area contributed by atoms with Gasteiger partial charge in [-0.25, -0.2) is 0 Å². The summed E-state index contributed by atoms with van der Waals surface area (Å²) in [5.74, 6) is 0.0653. The highest BCUT2D eigenvalue weighted by Crippen LogP contribution is 2.25. The Labute approximate surface area is 134 Å². The summed E-state index contributed by atoms with van der Waals surface area (Å²) in [6.45, 7) is 7.43. The van der Waals surface area contributed by atoms with E-state index >= 15 is 0 Å². The summed E-state index contributed by atoms with van der Waals surface area (Å²) < 4.78 is 0. The van der Waals surface area contributed by atoms with Gasteiger partial charge in [-0.05, 0) is 44.7 Å². The number of rotatable bonds is 5. The number of thiophene rings is 1. The first kappa shape index (κ1) is 16.4. The first-order valence-electron chi connectivity index (χ1n) is 7.16. The number of aromatic nitrogens is 2. The number of nitrogens with zero attached hydrogens (tertiary/aromatic N) is 2. The van der Waals surface area contributed by atoms with E-state index in [1.807, 2.05) is 26.2 Å². The smallest absolute Gasteiger partial charge is 0.227 e. The highest BCUT2D eigenvalue weighted by atomic mass is 32.1. The molecule has 1 atom stereocenters. The van der Waals surface area contributed by atoms with Crippen molar-refractivity contribution >= 4 is 23.0 Å². The molecule has 2 rings (SSSR count). The fraction of sp³-hybridized carbons (Fsp3) is 0.438. The van der Waals surface area contributed by atoms with Gasteiger partial charge in [0.25, 0.3) is 0 Å². The van der Waals surface area contributed by atoms with E-state index in [1.54, 1.807) is 18.0 Å². The molecule has 0 aliphatic carbocycles. The van der Waals surface area contributed by atoms with Crippen molar-refractivity contribution in [2.45, 2.75) is 40.2 Å². The van der Waals surface area contributed by atoms with E-state index in [4.69, 9.17) is 0 Å². The van der Waals surface area contributed by atoms with Crippen LogP contribution in [0, 0.1) is 13.8 Å². The van der Waals surface area contributed by atoms with Gasteiger partial charge in [0.1, 0.15) is 0 Å². The van der Waals surface area contributed by atoms with Crippen molar-refractivity contribution in [1.82, 2.24) is 15.1 Å². The SMILES string of the molecule is CC(=O)c1cc(CC(=O)N(C)C(C)c2c(C)n[nH]c2C)cs1. The van der Waals surface area contributed by atoms with Gasteiger partial charge in [-0.15, -0.1) is 11.3 Å². The maximum Gasteiger partial charge on any atom is 0.227 e. The number of Topliss-reactive ketones (excluding diaryl/α,β-unsaturated/α-hetero) is 1. The molecule has 0 fully saturated rings. The van der Waals surface area contributed by atoms with Crippen LogP contribution in [0.1, 0.15) is 52.1 Å². The van der Waals surface area contributed by atoms with Crippen LogP contribution in [-0.2, 0) is 11.2 Å². The molecule has 2 aromatic heterocycles. The number of aryl methyl sites for hydroxylation is 2. The Morgan fingerprint density at radius 3 is 2.59 bits per heavy atom. The molecule has 0 radical (unpaired) electrons. The largest absolute Gasteiger partial charge is 0.339 e. The van der Waals surface area contributed by atoms with Crippen molar-refractivity contribution in [3.05, 3.63) is 38.8 Å². The summed E-state index contributed by atoms with van der Waals surface area (Å²) in [4.78, 5) is 26.2. The number of H-pyrrole nitrogens is 1. The molecule has 0 saturated heterocycles. The average Bonchev–Trinajstić information content (AvgIpc) is 3.04. The summed E-state index contributed by atoms with van der Waals surface area (Å²) in [5.41, 5.74) is 3.85. The molecule has 2 aromatic rings. The summed E-state index contributed by atoms with van der Waals surface area (Å²) in [5, 5.41) is 9.02. The first-order valence-corrected chi connectivity index (χ1v) is 8.04. The fourth-order valence-corrected chi connectivity index (χ4v) is 3.35. The molecular weight excluding hydrogens is 298 g/mol. The minimum absolute atomic E-state index is 0.0282. The maximum absolute atomic E-state index is 12.5. The zero-order valence-corrected chi connectivity index (χ0v) is 14.4. The Balaban J connectivity index is 2.10. The van der Waals surface area contributed by atoms with E-state index in [-0.39, 0.29) is 17.7 Å². The Morgan fingerprint density at radius 1 is 1.41 bits per heavy atom. The monoisotopic (exact) mass is 319 g/mol. The van der Waals surface area contributed by atoms with Crippen molar-refractivity contribution in [3.63, 3.8) is 0 Å². The molecule has 1 unspecified atom stereocenters. The fourth-order valence-electron chi connectivity index (χ4n) is 2.54. The van der Waals surface area contributed by atoms with E-state index < -0.39 is 0 Å². The number of aromatic amines is 1. The topological polar surface area (TPSA) is 66.1 Å². The standard InChI is InChI=1S/C16H21N3O2S/c1-9-16(10(2)18-17-9)11(3)19(5)15(21)7-13-6-14(12(4)20)22-8-13/h6,8,11H,7H2,1-5H3,(H,17,18). The third-order valence-electron chi connectivity index (χ3n) is 3.93. The molecule has 0 spiro atoms. The second-order valence-corrected chi connectivity index (χ2v) is 6.49. The molecule has 1 amide bonds. The number of carbonyl (C=O) groups is 2. The van der Waals surface area contributed by atoms with Crippen LogP contribution in [-0.4, -0.2) is 33.8 Å². The molecule has 0 aromatic carbocycles. The van der Waals surface area contributed by atoms with Crippen LogP contribution >= 0.6 is 11.3 Å². The lowest BCUT2D eigenvalue weighted by atomic mass is 10.0. The highest BCUT2D eigenvalue weighted by Gasteiger charge is 2.22. The predicted octanol–water partition coefficient (Wildman–Crippen LogP) is 3.05. The van der Waals surface area contributed by atoms with Crippen molar-refractivity contribution < 1.29 is 9.59 Å². The van der Waals surface area contributed by atoms with E-state index in [2.05, 4.69) is 10.2 Å². The Hall–Kier alpha value is -1.95. The van der Waals surface area contributed by atoms with Gasteiger partial charge < -0.3 is 4.90 Å². The van der Waals surface area contributed by atoms with Crippen LogP contribution in [0.3, 0.4) is 0 Å². The van der Waals surface area contributed by atoms with Crippen molar-refractivity contribution in [3.8, 4) is 0 Å². The second-order valence-electron chi connectivity index (χ2n) is 5.58. The third kappa shape index (κ3) is 3.27. The Bertz CT molecular complexity index is 683. The van der Waals surface area contributed by atoms with Crippen LogP contribution in [0.5, 0.6) is 0 Å². The lowest BCUT2D eigenvalue weighted by Gasteiger charge is -2.25. The number of hydrogen-bond acceptors (Lipinski definition) is 4. The molecule has 0 bridgehead atoms. The molecule has 2 heterocycles. The van der Waals surface area contributed by atoms with E-state index in [0.29, 0.717) is 11.3 Å². The number of likely N-dealkylation sites (N-methyl/N-ethyl adjacent to an activating group) is 1. The predicted molar refractivity (Wildman–Crippen MR) is 87.3 cm³/mol. The van der Waals surface area contributed by atoms with Gasteiger partial charge in [-0.3, -0.25) is 14.7 Å². The molecule has 0 aliphatic heterocycles. The number of amides is 1. The maximum atomic E-state index is 12.5. The minimum atomic E-state index is -0.0443. The number of ketones is 1. The van der Waals surface area contributed by atoms with Gasteiger partial charge in [0.05, 0.1) is 23.0 Å². The molecule has 1 N–H and O–H groups in total. The third-order valence-corrected chi connectivity index (χ3v) is 5.01. The summed E-state index contributed by atoms with van der Waals surface area (Å²) in [6.07, 6.45) is 0.306. The summed E-state index contributed by atoms with van der Waals surface area (Å²) in [7, 11) is 1.80. The molecule has 0 aliphatic rings. The van der Waals surface area contributed by atoms with Gasteiger partial charge in [-0.2, -0.15) is 5.10 Å². The normalized spacial score (nSPS) is 12.2. The van der Waals surface area contributed by atoms with Gasteiger partial charge >= 0.3 is 0 Å². The summed E-state index contributed by atoms with van der Waals surface area (Å²) >= 11 is 1.39. The molecular formula is C16H21N3O2S. The molecule has 5 nitrogen and oxygen atoms in total. The zero-order chi connectivity index (χ0) is 16.4. The van der Waals surface area contributed by atoms with E-state index in [9.17, 15) is 9.59 Å². The zero-order valence-electron chi connectivity index (χ0n) is 13.6. The van der Waals surface area contributed by atoms with Crippen molar-refractivity contribution in [2.75, 3.05) is 7.05 Å². The molecule has 6 heteroatoms. The van der Waals surface area contributed by atoms with Crippen LogP contribution in [0.2, 0.25) is 0 Å². The van der Waals surface area contributed by atoms with Crippen LogP contribution in [0.25, 0.3) is 0 Å².